The number of anilines is 1. The fourth-order valence-corrected chi connectivity index (χ4v) is 4.10. The SMILES string of the molecule is CC[C@H](NC(=O)[C@@H](C)N(c1ccc(Cl)cc1)S(C)(=O)=O)c1ccccc1. The molecule has 0 aliphatic carbocycles. The van der Waals surface area contributed by atoms with Crippen molar-refractivity contribution in [2.75, 3.05) is 10.6 Å². The second-order valence-electron chi connectivity index (χ2n) is 6.09. The van der Waals surface area contributed by atoms with E-state index in [1.807, 2.05) is 37.3 Å². The zero-order valence-corrected chi connectivity index (χ0v) is 16.6. The molecule has 7 heteroatoms. The van der Waals surface area contributed by atoms with Crippen molar-refractivity contribution in [3.05, 3.63) is 65.2 Å². The van der Waals surface area contributed by atoms with E-state index < -0.39 is 16.1 Å². The number of hydrogen-bond acceptors (Lipinski definition) is 3. The molecule has 1 amide bonds. The molecule has 2 aromatic rings. The number of carbonyl (C=O) groups is 1. The third kappa shape index (κ3) is 4.99. The van der Waals surface area contributed by atoms with E-state index in [2.05, 4.69) is 5.32 Å². The number of benzene rings is 2. The summed E-state index contributed by atoms with van der Waals surface area (Å²) < 4.78 is 25.7. The lowest BCUT2D eigenvalue weighted by molar-refractivity contribution is -0.122. The first-order valence-electron chi connectivity index (χ1n) is 8.34. The highest BCUT2D eigenvalue weighted by atomic mass is 35.5. The Hall–Kier alpha value is -2.05. The first-order valence-corrected chi connectivity index (χ1v) is 10.6. The molecule has 0 saturated heterocycles. The van der Waals surface area contributed by atoms with Crippen LogP contribution in [0.2, 0.25) is 5.02 Å². The molecule has 5 nitrogen and oxygen atoms in total. The lowest BCUT2D eigenvalue weighted by atomic mass is 10.0. The van der Waals surface area contributed by atoms with Gasteiger partial charge in [0.15, 0.2) is 0 Å². The molecule has 0 unspecified atom stereocenters. The lowest BCUT2D eigenvalue weighted by Crippen LogP contribution is -2.48. The van der Waals surface area contributed by atoms with Crippen molar-refractivity contribution in [1.82, 2.24) is 5.32 Å². The Kier molecular flexibility index (Phi) is 6.67. The summed E-state index contributed by atoms with van der Waals surface area (Å²) in [4.78, 5) is 12.8. The van der Waals surface area contributed by atoms with Crippen molar-refractivity contribution in [3.63, 3.8) is 0 Å². The van der Waals surface area contributed by atoms with Crippen molar-refractivity contribution < 1.29 is 13.2 Å². The number of nitrogens with zero attached hydrogens (tertiary/aromatic N) is 1. The van der Waals surface area contributed by atoms with Gasteiger partial charge in [-0.05, 0) is 43.2 Å². The van der Waals surface area contributed by atoms with Crippen molar-refractivity contribution >= 4 is 33.2 Å². The van der Waals surface area contributed by atoms with Crippen LogP contribution >= 0.6 is 11.6 Å². The van der Waals surface area contributed by atoms with Gasteiger partial charge in [0, 0.05) is 5.02 Å². The van der Waals surface area contributed by atoms with Gasteiger partial charge < -0.3 is 5.32 Å². The van der Waals surface area contributed by atoms with Crippen LogP contribution in [0.5, 0.6) is 0 Å². The van der Waals surface area contributed by atoms with Gasteiger partial charge in [0.2, 0.25) is 15.9 Å². The zero-order chi connectivity index (χ0) is 19.3. The zero-order valence-electron chi connectivity index (χ0n) is 15.0. The van der Waals surface area contributed by atoms with Crippen LogP contribution in [0.4, 0.5) is 5.69 Å². The smallest absolute Gasteiger partial charge is 0.244 e. The van der Waals surface area contributed by atoms with Crippen molar-refractivity contribution in [1.29, 1.82) is 0 Å². The van der Waals surface area contributed by atoms with Crippen molar-refractivity contribution in [2.45, 2.75) is 32.4 Å². The Morgan fingerprint density at radius 3 is 2.19 bits per heavy atom. The van der Waals surface area contributed by atoms with E-state index in [1.165, 1.54) is 0 Å². The maximum absolute atomic E-state index is 12.8. The van der Waals surface area contributed by atoms with E-state index in [-0.39, 0.29) is 11.9 Å². The normalized spacial score (nSPS) is 13.7. The summed E-state index contributed by atoms with van der Waals surface area (Å²) in [5.41, 5.74) is 1.38. The molecule has 140 valence electrons. The highest BCUT2D eigenvalue weighted by Gasteiger charge is 2.30. The van der Waals surface area contributed by atoms with Gasteiger partial charge in [-0.3, -0.25) is 9.10 Å². The summed E-state index contributed by atoms with van der Waals surface area (Å²) in [5.74, 6) is -0.360. The van der Waals surface area contributed by atoms with Crippen LogP contribution in [-0.2, 0) is 14.8 Å². The topological polar surface area (TPSA) is 66.5 Å². The molecule has 1 N–H and O–H groups in total. The molecule has 0 fully saturated rings. The molecule has 0 radical (unpaired) electrons. The monoisotopic (exact) mass is 394 g/mol. The molecule has 0 aliphatic rings. The van der Waals surface area contributed by atoms with E-state index in [0.29, 0.717) is 17.1 Å². The maximum atomic E-state index is 12.8. The van der Waals surface area contributed by atoms with Crippen LogP contribution in [-0.4, -0.2) is 26.6 Å². The lowest BCUT2D eigenvalue weighted by Gasteiger charge is -2.29. The molecule has 0 aliphatic heterocycles. The number of halogens is 1. The highest BCUT2D eigenvalue weighted by molar-refractivity contribution is 7.92. The molecule has 0 bridgehead atoms. The largest absolute Gasteiger partial charge is 0.347 e. The van der Waals surface area contributed by atoms with E-state index >= 15 is 0 Å². The second kappa shape index (κ2) is 8.56. The third-order valence-electron chi connectivity index (χ3n) is 4.10. The van der Waals surface area contributed by atoms with Gasteiger partial charge in [-0.15, -0.1) is 0 Å². The molecule has 26 heavy (non-hydrogen) atoms. The van der Waals surface area contributed by atoms with Crippen LogP contribution in [0.25, 0.3) is 0 Å². The summed E-state index contributed by atoms with van der Waals surface area (Å²) in [6, 6.07) is 14.9. The van der Waals surface area contributed by atoms with E-state index in [4.69, 9.17) is 11.6 Å². The molecule has 2 rings (SSSR count). The van der Waals surface area contributed by atoms with Crippen molar-refractivity contribution in [2.24, 2.45) is 0 Å². The van der Waals surface area contributed by atoms with E-state index in [1.54, 1.807) is 31.2 Å². The maximum Gasteiger partial charge on any atom is 0.244 e. The average molecular weight is 395 g/mol. The van der Waals surface area contributed by atoms with Crippen molar-refractivity contribution in [3.8, 4) is 0 Å². The second-order valence-corrected chi connectivity index (χ2v) is 8.39. The minimum Gasteiger partial charge on any atom is -0.347 e. The van der Waals surface area contributed by atoms with Gasteiger partial charge in [-0.2, -0.15) is 0 Å². The van der Waals surface area contributed by atoms with Gasteiger partial charge in [0.05, 0.1) is 18.0 Å². The Morgan fingerprint density at radius 2 is 1.69 bits per heavy atom. The number of hydrogen-bond donors (Lipinski definition) is 1. The summed E-state index contributed by atoms with van der Waals surface area (Å²) in [6.45, 7) is 3.54. The quantitative estimate of drug-likeness (QED) is 0.777. The van der Waals surface area contributed by atoms with Crippen LogP contribution in [0, 0.1) is 0 Å². The van der Waals surface area contributed by atoms with Crippen LogP contribution in [0.15, 0.2) is 54.6 Å². The number of carbonyl (C=O) groups excluding carboxylic acids is 1. The molecule has 2 aromatic carbocycles. The summed E-state index contributed by atoms with van der Waals surface area (Å²) in [5, 5.41) is 3.44. The molecular formula is C19H23ClN2O3S. The summed E-state index contributed by atoms with van der Waals surface area (Å²) in [7, 11) is -3.65. The van der Waals surface area contributed by atoms with Crippen LogP contribution in [0.1, 0.15) is 31.9 Å². The van der Waals surface area contributed by atoms with Gasteiger partial charge in [0.1, 0.15) is 6.04 Å². The van der Waals surface area contributed by atoms with E-state index in [9.17, 15) is 13.2 Å². The minimum atomic E-state index is -3.65. The van der Waals surface area contributed by atoms with Gasteiger partial charge >= 0.3 is 0 Å². The highest BCUT2D eigenvalue weighted by Crippen LogP contribution is 2.24. The number of amides is 1. The van der Waals surface area contributed by atoms with Crippen LogP contribution in [0.3, 0.4) is 0 Å². The van der Waals surface area contributed by atoms with Gasteiger partial charge in [0.25, 0.3) is 0 Å². The fourth-order valence-electron chi connectivity index (χ4n) is 2.80. The minimum absolute atomic E-state index is 0.183. The van der Waals surface area contributed by atoms with Crippen LogP contribution < -0.4 is 9.62 Å². The Morgan fingerprint density at radius 1 is 1.12 bits per heavy atom. The molecule has 0 aromatic heterocycles. The first kappa shape index (κ1) is 20.3. The molecule has 0 saturated carbocycles. The predicted molar refractivity (Wildman–Crippen MR) is 106 cm³/mol. The molecular weight excluding hydrogens is 372 g/mol. The number of rotatable bonds is 7. The number of nitrogens with one attached hydrogen (secondary N) is 1. The average Bonchev–Trinajstić information content (AvgIpc) is 2.60. The summed E-state index contributed by atoms with van der Waals surface area (Å²) >= 11 is 5.88. The Bertz CT molecular complexity index is 839. The molecule has 0 heterocycles. The fraction of sp³-hybridized carbons (Fsp3) is 0.316. The standard InChI is InChI=1S/C19H23ClN2O3S/c1-4-18(15-8-6-5-7-9-15)21-19(23)14(2)22(26(3,24)25)17-12-10-16(20)11-13-17/h5-14,18H,4H2,1-3H3,(H,21,23)/t14-,18+/m1/s1. The molecule has 0 spiro atoms. The number of sulfonamides is 1. The third-order valence-corrected chi connectivity index (χ3v) is 5.59. The molecule has 2 atom stereocenters. The predicted octanol–water partition coefficient (Wildman–Crippen LogP) is 3.76. The van der Waals surface area contributed by atoms with Gasteiger partial charge in [-0.1, -0.05) is 48.9 Å². The Labute approximate surface area is 160 Å². The van der Waals surface area contributed by atoms with Gasteiger partial charge in [-0.25, -0.2) is 8.42 Å². The summed E-state index contributed by atoms with van der Waals surface area (Å²) in [6.07, 6.45) is 1.78. The van der Waals surface area contributed by atoms with E-state index in [0.717, 1.165) is 16.1 Å². The first-order chi connectivity index (χ1) is 12.2. The Balaban J connectivity index is 2.26.